The van der Waals surface area contributed by atoms with Crippen molar-refractivity contribution < 1.29 is 9.84 Å². The Morgan fingerprint density at radius 2 is 2.07 bits per heavy atom. The summed E-state index contributed by atoms with van der Waals surface area (Å²) < 4.78 is 6.29. The lowest BCUT2D eigenvalue weighted by molar-refractivity contribution is 0.108. The number of aliphatic hydroxyl groups excluding tert-OH is 1. The molecule has 3 heteroatoms. The SMILES string of the molecule is C/C(=C\c1ccc(Br)cc1)COCCO. The highest BCUT2D eigenvalue weighted by atomic mass is 79.9. The maximum Gasteiger partial charge on any atom is 0.0702 e. The molecular weight excluding hydrogens is 256 g/mol. The largest absolute Gasteiger partial charge is 0.394 e. The molecule has 0 amide bonds. The van der Waals surface area contributed by atoms with Gasteiger partial charge in [0.05, 0.1) is 19.8 Å². The van der Waals surface area contributed by atoms with Gasteiger partial charge in [0.1, 0.15) is 0 Å². The Labute approximate surface area is 98.7 Å². The fourth-order valence-corrected chi connectivity index (χ4v) is 1.45. The van der Waals surface area contributed by atoms with Crippen LogP contribution in [0.25, 0.3) is 6.08 Å². The molecule has 0 radical (unpaired) electrons. The minimum atomic E-state index is 0.0750. The van der Waals surface area contributed by atoms with Gasteiger partial charge in [0, 0.05) is 4.47 Å². The van der Waals surface area contributed by atoms with Crippen molar-refractivity contribution in [2.24, 2.45) is 0 Å². The van der Waals surface area contributed by atoms with E-state index in [-0.39, 0.29) is 6.61 Å². The first-order valence-corrected chi connectivity index (χ1v) is 5.63. The van der Waals surface area contributed by atoms with Crippen LogP contribution in [0.2, 0.25) is 0 Å². The topological polar surface area (TPSA) is 29.5 Å². The van der Waals surface area contributed by atoms with E-state index >= 15 is 0 Å². The highest BCUT2D eigenvalue weighted by molar-refractivity contribution is 9.10. The molecule has 0 bridgehead atoms. The molecule has 0 saturated heterocycles. The third-order valence-corrected chi connectivity index (χ3v) is 2.38. The summed E-state index contributed by atoms with van der Waals surface area (Å²) in [5.41, 5.74) is 2.30. The highest BCUT2D eigenvalue weighted by Crippen LogP contribution is 2.13. The Balaban J connectivity index is 2.50. The highest BCUT2D eigenvalue weighted by Gasteiger charge is 1.92. The molecule has 0 aliphatic rings. The summed E-state index contributed by atoms with van der Waals surface area (Å²) in [6.07, 6.45) is 2.07. The van der Waals surface area contributed by atoms with Crippen LogP contribution in [0.5, 0.6) is 0 Å². The average molecular weight is 271 g/mol. The average Bonchev–Trinajstić information content (AvgIpc) is 2.22. The predicted molar refractivity (Wildman–Crippen MR) is 65.7 cm³/mol. The molecule has 15 heavy (non-hydrogen) atoms. The summed E-state index contributed by atoms with van der Waals surface area (Å²) in [6.45, 7) is 3.05. The minimum Gasteiger partial charge on any atom is -0.394 e. The van der Waals surface area contributed by atoms with E-state index in [1.807, 2.05) is 31.2 Å². The predicted octanol–water partition coefficient (Wildman–Crippen LogP) is 2.86. The summed E-state index contributed by atoms with van der Waals surface area (Å²) in [6, 6.07) is 8.10. The van der Waals surface area contributed by atoms with Crippen LogP contribution in [0.3, 0.4) is 0 Å². The van der Waals surface area contributed by atoms with Crippen LogP contribution in [0.15, 0.2) is 34.3 Å². The van der Waals surface area contributed by atoms with Crippen molar-refractivity contribution in [3.63, 3.8) is 0 Å². The molecule has 0 fully saturated rings. The van der Waals surface area contributed by atoms with Crippen molar-refractivity contribution >= 4 is 22.0 Å². The molecule has 0 atom stereocenters. The van der Waals surface area contributed by atoms with E-state index < -0.39 is 0 Å². The van der Waals surface area contributed by atoms with Crippen molar-refractivity contribution in [3.8, 4) is 0 Å². The zero-order valence-corrected chi connectivity index (χ0v) is 10.3. The normalized spacial score (nSPS) is 11.8. The summed E-state index contributed by atoms with van der Waals surface area (Å²) in [4.78, 5) is 0. The molecule has 0 aliphatic heterocycles. The molecule has 1 rings (SSSR count). The maximum absolute atomic E-state index is 8.55. The monoisotopic (exact) mass is 270 g/mol. The fraction of sp³-hybridized carbons (Fsp3) is 0.333. The molecule has 0 heterocycles. The van der Waals surface area contributed by atoms with Gasteiger partial charge >= 0.3 is 0 Å². The van der Waals surface area contributed by atoms with E-state index in [1.165, 1.54) is 0 Å². The first kappa shape index (κ1) is 12.4. The van der Waals surface area contributed by atoms with Gasteiger partial charge < -0.3 is 9.84 Å². The van der Waals surface area contributed by atoms with Crippen LogP contribution >= 0.6 is 15.9 Å². The molecule has 1 N–H and O–H groups in total. The van der Waals surface area contributed by atoms with Crippen molar-refractivity contribution in [2.45, 2.75) is 6.92 Å². The van der Waals surface area contributed by atoms with Crippen LogP contribution in [-0.4, -0.2) is 24.9 Å². The van der Waals surface area contributed by atoms with Gasteiger partial charge in [0.2, 0.25) is 0 Å². The molecule has 0 saturated carbocycles. The molecule has 0 aromatic heterocycles. The van der Waals surface area contributed by atoms with Gasteiger partial charge in [-0.15, -0.1) is 0 Å². The Hall–Kier alpha value is -0.640. The van der Waals surface area contributed by atoms with E-state index in [1.54, 1.807) is 0 Å². The lowest BCUT2D eigenvalue weighted by atomic mass is 10.1. The van der Waals surface area contributed by atoms with E-state index in [0.29, 0.717) is 13.2 Å². The van der Waals surface area contributed by atoms with Crippen molar-refractivity contribution in [3.05, 3.63) is 39.9 Å². The fourth-order valence-electron chi connectivity index (χ4n) is 1.18. The van der Waals surface area contributed by atoms with E-state index in [4.69, 9.17) is 9.84 Å². The maximum atomic E-state index is 8.55. The molecule has 0 aliphatic carbocycles. The van der Waals surface area contributed by atoms with E-state index in [0.717, 1.165) is 15.6 Å². The Morgan fingerprint density at radius 1 is 1.40 bits per heavy atom. The summed E-state index contributed by atoms with van der Waals surface area (Å²) >= 11 is 3.39. The third kappa shape index (κ3) is 5.11. The Bertz CT molecular complexity index is 317. The van der Waals surface area contributed by atoms with Gasteiger partial charge in [0.25, 0.3) is 0 Å². The molecule has 1 aromatic carbocycles. The van der Waals surface area contributed by atoms with Crippen LogP contribution in [0.1, 0.15) is 12.5 Å². The van der Waals surface area contributed by atoms with Gasteiger partial charge in [-0.1, -0.05) is 34.1 Å². The lowest BCUT2D eigenvalue weighted by Crippen LogP contribution is -2.01. The number of halogens is 1. The molecule has 82 valence electrons. The minimum absolute atomic E-state index is 0.0750. The standard InChI is InChI=1S/C12H15BrO2/c1-10(9-15-7-6-14)8-11-2-4-12(13)5-3-11/h2-5,8,14H,6-7,9H2,1H3/b10-8+. The number of aliphatic hydroxyl groups is 1. The van der Waals surface area contributed by atoms with Gasteiger partial charge in [-0.05, 0) is 30.2 Å². The van der Waals surface area contributed by atoms with Crippen molar-refractivity contribution in [1.29, 1.82) is 0 Å². The zero-order chi connectivity index (χ0) is 11.1. The first-order chi connectivity index (χ1) is 7.22. The quantitative estimate of drug-likeness (QED) is 0.834. The second-order valence-corrected chi connectivity index (χ2v) is 4.23. The summed E-state index contributed by atoms with van der Waals surface area (Å²) in [5.74, 6) is 0. The number of hydrogen-bond acceptors (Lipinski definition) is 2. The van der Waals surface area contributed by atoms with Crippen molar-refractivity contribution in [1.82, 2.24) is 0 Å². The van der Waals surface area contributed by atoms with Crippen LogP contribution in [0, 0.1) is 0 Å². The van der Waals surface area contributed by atoms with E-state index in [9.17, 15) is 0 Å². The Kier molecular flexibility index (Phi) is 5.61. The number of benzene rings is 1. The van der Waals surface area contributed by atoms with Gasteiger partial charge in [-0.2, -0.15) is 0 Å². The molecule has 0 spiro atoms. The molecule has 1 aromatic rings. The van der Waals surface area contributed by atoms with Gasteiger partial charge in [0.15, 0.2) is 0 Å². The number of hydrogen-bond donors (Lipinski definition) is 1. The molecule has 2 nitrogen and oxygen atoms in total. The Morgan fingerprint density at radius 3 is 2.67 bits per heavy atom. The third-order valence-electron chi connectivity index (χ3n) is 1.85. The summed E-state index contributed by atoms with van der Waals surface area (Å²) in [7, 11) is 0. The number of rotatable bonds is 5. The van der Waals surface area contributed by atoms with Crippen LogP contribution in [0.4, 0.5) is 0 Å². The second-order valence-electron chi connectivity index (χ2n) is 3.32. The van der Waals surface area contributed by atoms with Gasteiger partial charge in [-0.25, -0.2) is 0 Å². The number of ether oxygens (including phenoxy) is 1. The van der Waals surface area contributed by atoms with Crippen LogP contribution < -0.4 is 0 Å². The second kappa shape index (κ2) is 6.77. The molecule has 0 unspecified atom stereocenters. The van der Waals surface area contributed by atoms with Crippen molar-refractivity contribution in [2.75, 3.05) is 19.8 Å². The molecular formula is C12H15BrO2. The smallest absolute Gasteiger partial charge is 0.0702 e. The first-order valence-electron chi connectivity index (χ1n) is 4.83. The zero-order valence-electron chi connectivity index (χ0n) is 8.74. The van der Waals surface area contributed by atoms with Gasteiger partial charge in [-0.3, -0.25) is 0 Å². The summed E-state index contributed by atoms with van der Waals surface area (Å²) in [5, 5.41) is 8.55. The van der Waals surface area contributed by atoms with Crippen LogP contribution in [-0.2, 0) is 4.74 Å². The van der Waals surface area contributed by atoms with E-state index in [2.05, 4.69) is 22.0 Å². The lowest BCUT2D eigenvalue weighted by Gasteiger charge is -2.02.